The van der Waals surface area contributed by atoms with Crippen LogP contribution in [0.25, 0.3) is 0 Å². The van der Waals surface area contributed by atoms with E-state index >= 15 is 0 Å². The predicted octanol–water partition coefficient (Wildman–Crippen LogP) is 3.17. The molecule has 0 aliphatic rings. The first-order chi connectivity index (χ1) is 9.73. The summed E-state index contributed by atoms with van der Waals surface area (Å²) in [6, 6.07) is 9.76. The molecule has 0 radical (unpaired) electrons. The smallest absolute Gasteiger partial charge is 0.127 e. The zero-order chi connectivity index (χ0) is 14.5. The van der Waals surface area contributed by atoms with Crippen LogP contribution >= 0.6 is 0 Å². The van der Waals surface area contributed by atoms with E-state index in [2.05, 4.69) is 12.2 Å². The lowest BCUT2D eigenvalue weighted by Gasteiger charge is -2.18. The van der Waals surface area contributed by atoms with Gasteiger partial charge in [-0.25, -0.2) is 0 Å². The van der Waals surface area contributed by atoms with Gasteiger partial charge in [-0.05, 0) is 31.3 Å². The molecule has 0 saturated heterocycles. The van der Waals surface area contributed by atoms with Gasteiger partial charge in [-0.1, -0.05) is 6.92 Å². The van der Waals surface area contributed by atoms with Crippen molar-refractivity contribution in [2.45, 2.75) is 19.4 Å². The normalized spacial score (nSPS) is 12.2. The van der Waals surface area contributed by atoms with Crippen LogP contribution in [0.4, 0.5) is 0 Å². The van der Waals surface area contributed by atoms with E-state index in [9.17, 15) is 0 Å². The quantitative estimate of drug-likeness (QED) is 0.879. The summed E-state index contributed by atoms with van der Waals surface area (Å²) >= 11 is 0. The van der Waals surface area contributed by atoms with Crippen LogP contribution in [0.5, 0.6) is 11.5 Å². The molecule has 2 aromatic rings. The molecule has 0 fully saturated rings. The third-order valence-corrected chi connectivity index (χ3v) is 3.36. The van der Waals surface area contributed by atoms with Crippen molar-refractivity contribution in [2.75, 3.05) is 21.3 Å². The van der Waals surface area contributed by atoms with Gasteiger partial charge in [0.1, 0.15) is 23.0 Å². The molecule has 1 aromatic heterocycles. The van der Waals surface area contributed by atoms with Crippen molar-refractivity contribution in [1.29, 1.82) is 0 Å². The molecule has 20 heavy (non-hydrogen) atoms. The highest BCUT2D eigenvalue weighted by Gasteiger charge is 2.20. The average molecular weight is 275 g/mol. The molecule has 108 valence electrons. The van der Waals surface area contributed by atoms with E-state index in [1.54, 1.807) is 14.2 Å². The highest BCUT2D eigenvalue weighted by Crippen LogP contribution is 2.33. The minimum Gasteiger partial charge on any atom is -0.497 e. The second-order valence-corrected chi connectivity index (χ2v) is 4.49. The van der Waals surface area contributed by atoms with Crippen LogP contribution in [0.1, 0.15) is 30.0 Å². The second kappa shape index (κ2) is 6.48. The Balaban J connectivity index is 2.40. The Morgan fingerprint density at radius 3 is 2.50 bits per heavy atom. The van der Waals surface area contributed by atoms with E-state index in [1.165, 1.54) is 0 Å². The first kappa shape index (κ1) is 14.5. The summed E-state index contributed by atoms with van der Waals surface area (Å²) in [5, 5.41) is 3.27. The van der Waals surface area contributed by atoms with Gasteiger partial charge in [0.2, 0.25) is 0 Å². The van der Waals surface area contributed by atoms with Crippen molar-refractivity contribution in [3.8, 4) is 11.5 Å². The molecular weight excluding hydrogens is 254 g/mol. The predicted molar refractivity (Wildman–Crippen MR) is 78.5 cm³/mol. The number of furan rings is 1. The molecule has 2 rings (SSSR count). The van der Waals surface area contributed by atoms with Crippen LogP contribution < -0.4 is 14.8 Å². The minimum absolute atomic E-state index is 0.0452. The number of nitrogens with one attached hydrogen (secondary N) is 1. The van der Waals surface area contributed by atoms with Crippen LogP contribution in [-0.2, 0) is 6.42 Å². The Labute approximate surface area is 119 Å². The Kier molecular flexibility index (Phi) is 4.69. The molecule has 4 heteroatoms. The Morgan fingerprint density at radius 1 is 1.15 bits per heavy atom. The molecular formula is C16H21NO3. The van der Waals surface area contributed by atoms with E-state index in [4.69, 9.17) is 13.9 Å². The van der Waals surface area contributed by atoms with E-state index < -0.39 is 0 Å². The van der Waals surface area contributed by atoms with Crippen molar-refractivity contribution in [3.63, 3.8) is 0 Å². The summed E-state index contributed by atoms with van der Waals surface area (Å²) in [7, 11) is 5.21. The number of ether oxygens (including phenoxy) is 2. The van der Waals surface area contributed by atoms with Crippen molar-refractivity contribution in [1.82, 2.24) is 5.32 Å². The first-order valence-corrected chi connectivity index (χ1v) is 6.71. The maximum Gasteiger partial charge on any atom is 0.127 e. The fourth-order valence-corrected chi connectivity index (χ4v) is 2.25. The molecule has 4 nitrogen and oxygen atoms in total. The summed E-state index contributed by atoms with van der Waals surface area (Å²) in [5.41, 5.74) is 1.02. The average Bonchev–Trinajstić information content (AvgIpc) is 2.97. The van der Waals surface area contributed by atoms with Gasteiger partial charge < -0.3 is 19.2 Å². The number of aryl methyl sites for hydroxylation is 1. The molecule has 0 saturated carbocycles. The summed E-state index contributed by atoms with van der Waals surface area (Å²) in [5.74, 6) is 3.41. The molecule has 1 aromatic carbocycles. The van der Waals surface area contributed by atoms with Crippen molar-refractivity contribution in [3.05, 3.63) is 47.4 Å². The number of rotatable bonds is 6. The van der Waals surface area contributed by atoms with Gasteiger partial charge in [0.05, 0.1) is 20.3 Å². The SMILES string of the molecule is CCc1ccc(C(NC)c2ccc(OC)cc2OC)o1. The third-order valence-electron chi connectivity index (χ3n) is 3.36. The van der Waals surface area contributed by atoms with Gasteiger partial charge in [-0.3, -0.25) is 0 Å². The number of benzene rings is 1. The van der Waals surface area contributed by atoms with E-state index in [0.717, 1.165) is 35.0 Å². The van der Waals surface area contributed by atoms with Crippen LogP contribution in [-0.4, -0.2) is 21.3 Å². The molecule has 0 spiro atoms. The largest absolute Gasteiger partial charge is 0.497 e. The van der Waals surface area contributed by atoms with Gasteiger partial charge in [0.15, 0.2) is 0 Å². The Hall–Kier alpha value is -1.94. The molecule has 0 aliphatic heterocycles. The standard InChI is InChI=1S/C16H21NO3/c1-5-11-7-9-14(20-11)16(17-2)13-8-6-12(18-3)10-15(13)19-4/h6-10,16-17H,5H2,1-4H3. The van der Waals surface area contributed by atoms with Crippen LogP contribution in [0.15, 0.2) is 34.7 Å². The zero-order valence-corrected chi connectivity index (χ0v) is 12.4. The minimum atomic E-state index is -0.0452. The lowest BCUT2D eigenvalue weighted by atomic mass is 10.0. The van der Waals surface area contributed by atoms with E-state index in [0.29, 0.717) is 0 Å². The zero-order valence-electron chi connectivity index (χ0n) is 12.4. The van der Waals surface area contributed by atoms with Gasteiger partial charge in [0.25, 0.3) is 0 Å². The lowest BCUT2D eigenvalue weighted by Crippen LogP contribution is -2.17. The molecule has 1 atom stereocenters. The third kappa shape index (κ3) is 2.80. The fraction of sp³-hybridized carbons (Fsp3) is 0.375. The summed E-state index contributed by atoms with van der Waals surface area (Å²) in [4.78, 5) is 0. The van der Waals surface area contributed by atoms with Gasteiger partial charge in [-0.2, -0.15) is 0 Å². The monoisotopic (exact) mass is 275 g/mol. The fourth-order valence-electron chi connectivity index (χ4n) is 2.25. The molecule has 0 amide bonds. The highest BCUT2D eigenvalue weighted by molar-refractivity contribution is 5.44. The topological polar surface area (TPSA) is 43.6 Å². The number of hydrogen-bond acceptors (Lipinski definition) is 4. The molecule has 0 aliphatic carbocycles. The first-order valence-electron chi connectivity index (χ1n) is 6.71. The summed E-state index contributed by atoms with van der Waals surface area (Å²) in [6.45, 7) is 2.07. The summed E-state index contributed by atoms with van der Waals surface area (Å²) in [6.07, 6.45) is 0.885. The van der Waals surface area contributed by atoms with Gasteiger partial charge in [0, 0.05) is 18.1 Å². The second-order valence-electron chi connectivity index (χ2n) is 4.49. The summed E-state index contributed by atoms with van der Waals surface area (Å²) < 4.78 is 16.5. The maximum absolute atomic E-state index is 5.85. The van der Waals surface area contributed by atoms with Crippen molar-refractivity contribution < 1.29 is 13.9 Å². The van der Waals surface area contributed by atoms with E-state index in [1.807, 2.05) is 37.4 Å². The van der Waals surface area contributed by atoms with Gasteiger partial charge in [-0.15, -0.1) is 0 Å². The highest BCUT2D eigenvalue weighted by atomic mass is 16.5. The van der Waals surface area contributed by atoms with Gasteiger partial charge >= 0.3 is 0 Å². The molecule has 1 heterocycles. The number of hydrogen-bond donors (Lipinski definition) is 1. The molecule has 1 N–H and O–H groups in total. The molecule has 1 unspecified atom stereocenters. The van der Waals surface area contributed by atoms with Crippen LogP contribution in [0.2, 0.25) is 0 Å². The Bertz CT molecular complexity index is 563. The van der Waals surface area contributed by atoms with Crippen LogP contribution in [0.3, 0.4) is 0 Å². The van der Waals surface area contributed by atoms with Crippen molar-refractivity contribution in [2.24, 2.45) is 0 Å². The number of methoxy groups -OCH3 is 2. The molecule has 0 bridgehead atoms. The van der Waals surface area contributed by atoms with Crippen LogP contribution in [0, 0.1) is 0 Å². The maximum atomic E-state index is 5.85. The Morgan fingerprint density at radius 2 is 1.95 bits per heavy atom. The lowest BCUT2D eigenvalue weighted by molar-refractivity contribution is 0.380. The van der Waals surface area contributed by atoms with Crippen molar-refractivity contribution >= 4 is 0 Å². The van der Waals surface area contributed by atoms with E-state index in [-0.39, 0.29) is 6.04 Å².